The molecule has 0 amide bonds. The zero-order valence-electron chi connectivity index (χ0n) is 9.76. The molecule has 0 spiro atoms. The smallest absolute Gasteiger partial charge is 0.0595 e. The minimum absolute atomic E-state index is 0.581. The van der Waals surface area contributed by atoms with Gasteiger partial charge >= 0.3 is 0 Å². The first-order valence-electron chi connectivity index (χ1n) is 5.78. The average Bonchev–Trinajstić information content (AvgIpc) is 2.40. The first-order chi connectivity index (χ1) is 7.61. The fourth-order valence-corrected chi connectivity index (χ4v) is 2.78. The molecule has 0 fully saturated rings. The van der Waals surface area contributed by atoms with Crippen molar-refractivity contribution in [2.75, 3.05) is 20.1 Å². The Bertz CT molecular complexity index is 390. The van der Waals surface area contributed by atoms with Crippen molar-refractivity contribution in [3.63, 3.8) is 0 Å². The highest BCUT2D eigenvalue weighted by atomic mass is 35.5. The van der Waals surface area contributed by atoms with Gasteiger partial charge in [0.25, 0.3) is 0 Å². The van der Waals surface area contributed by atoms with Crippen molar-refractivity contribution in [3.8, 4) is 0 Å². The molecule has 1 nitrogen and oxygen atoms in total. The fourth-order valence-electron chi connectivity index (χ4n) is 2.43. The molecule has 0 aliphatic carbocycles. The number of rotatable bonds is 1. The molecule has 0 bridgehead atoms. The molecule has 0 N–H and O–H groups in total. The quantitative estimate of drug-likeness (QED) is 0.736. The summed E-state index contributed by atoms with van der Waals surface area (Å²) in [5, 5.41) is 1.36. The maximum atomic E-state index is 6.11. The van der Waals surface area contributed by atoms with Crippen molar-refractivity contribution in [2.24, 2.45) is 0 Å². The summed E-state index contributed by atoms with van der Waals surface area (Å²) in [6.45, 7) is 4.44. The number of halogens is 2. The minimum Gasteiger partial charge on any atom is -0.305 e. The van der Waals surface area contributed by atoms with Gasteiger partial charge in [-0.1, -0.05) is 30.1 Å². The maximum Gasteiger partial charge on any atom is 0.0595 e. The van der Waals surface area contributed by atoms with Gasteiger partial charge in [0.15, 0.2) is 0 Å². The second-order valence-corrected chi connectivity index (χ2v) is 5.40. The zero-order valence-corrected chi connectivity index (χ0v) is 11.3. The van der Waals surface area contributed by atoms with Crippen LogP contribution in [0.3, 0.4) is 0 Å². The Hall–Kier alpha value is -0.240. The zero-order chi connectivity index (χ0) is 11.7. The van der Waals surface area contributed by atoms with Gasteiger partial charge in [0.05, 0.1) is 10.0 Å². The van der Waals surface area contributed by atoms with Gasteiger partial charge in [-0.3, -0.25) is 0 Å². The topological polar surface area (TPSA) is 3.24 Å². The Labute approximate surface area is 107 Å². The van der Waals surface area contributed by atoms with Gasteiger partial charge in [0.2, 0.25) is 0 Å². The number of benzene rings is 1. The number of hydrogen-bond donors (Lipinski definition) is 0. The van der Waals surface area contributed by atoms with Crippen LogP contribution in [-0.4, -0.2) is 25.0 Å². The Morgan fingerprint density at radius 2 is 2.00 bits per heavy atom. The summed E-state index contributed by atoms with van der Waals surface area (Å²) in [5.74, 6) is 0.581. The molecule has 0 saturated carbocycles. The molecule has 1 unspecified atom stereocenters. The second-order valence-electron chi connectivity index (χ2n) is 4.58. The second kappa shape index (κ2) is 4.95. The van der Waals surface area contributed by atoms with Gasteiger partial charge in [0, 0.05) is 13.1 Å². The van der Waals surface area contributed by atoms with Crippen molar-refractivity contribution in [2.45, 2.75) is 25.7 Å². The monoisotopic (exact) mass is 257 g/mol. The van der Waals surface area contributed by atoms with Crippen LogP contribution in [-0.2, 0) is 6.42 Å². The van der Waals surface area contributed by atoms with Gasteiger partial charge in [-0.25, -0.2) is 0 Å². The van der Waals surface area contributed by atoms with Crippen LogP contribution < -0.4 is 0 Å². The molecular weight excluding hydrogens is 241 g/mol. The third kappa shape index (κ3) is 2.37. The van der Waals surface area contributed by atoms with Crippen LogP contribution in [0.15, 0.2) is 12.1 Å². The van der Waals surface area contributed by atoms with Crippen LogP contribution in [0.1, 0.15) is 30.4 Å². The summed E-state index contributed by atoms with van der Waals surface area (Å²) in [7, 11) is 2.18. The van der Waals surface area contributed by atoms with E-state index in [-0.39, 0.29) is 0 Å². The number of hydrogen-bond acceptors (Lipinski definition) is 1. The molecule has 0 radical (unpaired) electrons. The van der Waals surface area contributed by atoms with E-state index in [0.29, 0.717) is 16.0 Å². The summed E-state index contributed by atoms with van der Waals surface area (Å²) in [4.78, 5) is 2.38. The van der Waals surface area contributed by atoms with Crippen molar-refractivity contribution in [1.29, 1.82) is 0 Å². The average molecular weight is 258 g/mol. The molecule has 1 aliphatic rings. The highest BCUT2D eigenvalue weighted by Gasteiger charge is 2.21. The molecule has 16 heavy (non-hydrogen) atoms. The highest BCUT2D eigenvalue weighted by Crippen LogP contribution is 2.33. The van der Waals surface area contributed by atoms with Crippen molar-refractivity contribution in [3.05, 3.63) is 33.3 Å². The minimum atomic E-state index is 0.581. The van der Waals surface area contributed by atoms with Gasteiger partial charge in [-0.15, -0.1) is 0 Å². The first-order valence-corrected chi connectivity index (χ1v) is 6.53. The Kier molecular flexibility index (Phi) is 3.78. The van der Waals surface area contributed by atoms with Crippen LogP contribution in [0, 0.1) is 0 Å². The lowest BCUT2D eigenvalue weighted by Crippen LogP contribution is -2.23. The van der Waals surface area contributed by atoms with Gasteiger partial charge in [-0.05, 0) is 49.1 Å². The van der Waals surface area contributed by atoms with E-state index in [0.717, 1.165) is 25.9 Å². The predicted molar refractivity (Wildman–Crippen MR) is 70.7 cm³/mol. The third-order valence-corrected chi connectivity index (χ3v) is 4.13. The normalized spacial score (nSPS) is 21.6. The summed E-state index contributed by atoms with van der Waals surface area (Å²) in [5.41, 5.74) is 2.76. The van der Waals surface area contributed by atoms with Crippen LogP contribution in [0.2, 0.25) is 10.0 Å². The lowest BCUT2D eigenvalue weighted by molar-refractivity contribution is 0.322. The van der Waals surface area contributed by atoms with Crippen molar-refractivity contribution in [1.82, 2.24) is 4.90 Å². The lowest BCUT2D eigenvalue weighted by atomic mass is 9.92. The van der Waals surface area contributed by atoms with E-state index in [2.05, 4.69) is 24.9 Å². The molecule has 0 saturated heterocycles. The van der Waals surface area contributed by atoms with Gasteiger partial charge < -0.3 is 4.90 Å². The Morgan fingerprint density at radius 3 is 2.69 bits per heavy atom. The number of likely N-dealkylation sites (N-methyl/N-ethyl adjacent to an activating group) is 1. The SMILES string of the molecule is CCC1CN(C)CCc2cc(Cl)c(Cl)cc21. The summed E-state index contributed by atoms with van der Waals surface area (Å²) >= 11 is 12.2. The van der Waals surface area contributed by atoms with Crippen LogP contribution >= 0.6 is 23.2 Å². The van der Waals surface area contributed by atoms with E-state index >= 15 is 0 Å². The van der Waals surface area contributed by atoms with Crippen LogP contribution in [0.25, 0.3) is 0 Å². The number of nitrogens with zero attached hydrogens (tertiary/aromatic N) is 1. The van der Waals surface area contributed by atoms with Gasteiger partial charge in [0.1, 0.15) is 0 Å². The lowest BCUT2D eigenvalue weighted by Gasteiger charge is -2.20. The van der Waals surface area contributed by atoms with Crippen LogP contribution in [0.4, 0.5) is 0 Å². The van der Waals surface area contributed by atoms with Gasteiger partial charge in [-0.2, -0.15) is 0 Å². The molecule has 0 aromatic heterocycles. The van der Waals surface area contributed by atoms with E-state index < -0.39 is 0 Å². The summed E-state index contributed by atoms with van der Waals surface area (Å²) in [6, 6.07) is 4.10. The van der Waals surface area contributed by atoms with Crippen molar-refractivity contribution < 1.29 is 0 Å². The fraction of sp³-hybridized carbons (Fsp3) is 0.538. The molecule has 3 heteroatoms. The molecule has 1 aliphatic heterocycles. The van der Waals surface area contributed by atoms with E-state index in [4.69, 9.17) is 23.2 Å². The van der Waals surface area contributed by atoms with Crippen LogP contribution in [0.5, 0.6) is 0 Å². The summed E-state index contributed by atoms with van der Waals surface area (Å²) < 4.78 is 0. The third-order valence-electron chi connectivity index (χ3n) is 3.41. The molecular formula is C13H17Cl2N. The highest BCUT2D eigenvalue weighted by molar-refractivity contribution is 6.42. The molecule has 1 atom stereocenters. The molecule has 2 rings (SSSR count). The van der Waals surface area contributed by atoms with Crippen molar-refractivity contribution >= 4 is 23.2 Å². The Balaban J connectivity index is 2.45. The largest absolute Gasteiger partial charge is 0.305 e. The summed E-state index contributed by atoms with van der Waals surface area (Å²) in [6.07, 6.45) is 2.22. The molecule has 1 aromatic carbocycles. The molecule has 88 valence electrons. The molecule has 1 aromatic rings. The Morgan fingerprint density at radius 1 is 1.31 bits per heavy atom. The van der Waals surface area contributed by atoms with E-state index in [1.165, 1.54) is 11.1 Å². The maximum absolute atomic E-state index is 6.11. The van der Waals surface area contributed by atoms with E-state index in [1.54, 1.807) is 0 Å². The standard InChI is InChI=1S/C13H17Cl2N/c1-3-9-8-16(2)5-4-10-6-12(14)13(15)7-11(9)10/h6-7,9H,3-5,8H2,1-2H3. The van der Waals surface area contributed by atoms with E-state index in [9.17, 15) is 0 Å². The molecule has 1 heterocycles. The number of fused-ring (bicyclic) bond motifs is 1. The predicted octanol–water partition coefficient (Wildman–Crippen LogP) is 3.97. The van der Waals surface area contributed by atoms with E-state index in [1.807, 2.05) is 6.07 Å². The first kappa shape index (κ1) is 12.2.